The minimum absolute atomic E-state index is 0.548. The molecule has 0 bridgehead atoms. The summed E-state index contributed by atoms with van der Waals surface area (Å²) in [6, 6.07) is 10.5. The minimum atomic E-state index is 0.548. The van der Waals surface area contributed by atoms with Gasteiger partial charge in [0.2, 0.25) is 5.95 Å². The van der Waals surface area contributed by atoms with Gasteiger partial charge in [-0.2, -0.15) is 10.2 Å². The maximum atomic E-state index is 8.82. The van der Waals surface area contributed by atoms with Crippen molar-refractivity contribution in [3.05, 3.63) is 42.1 Å². The predicted octanol–water partition coefficient (Wildman–Crippen LogP) is 3.72. The molecular formula is C23H29N7. The summed E-state index contributed by atoms with van der Waals surface area (Å²) in [6.07, 6.45) is 7.48. The van der Waals surface area contributed by atoms with Crippen LogP contribution in [0.3, 0.4) is 0 Å². The summed E-state index contributed by atoms with van der Waals surface area (Å²) < 4.78 is 0. The molecule has 0 atom stereocenters. The number of piperazine rings is 1. The average Bonchev–Trinajstić information content (AvgIpc) is 3.62. The molecule has 7 nitrogen and oxygen atoms in total. The van der Waals surface area contributed by atoms with E-state index in [-0.39, 0.29) is 0 Å². The summed E-state index contributed by atoms with van der Waals surface area (Å²) in [4.78, 5) is 14.0. The lowest BCUT2D eigenvalue weighted by molar-refractivity contribution is 0.271. The van der Waals surface area contributed by atoms with Gasteiger partial charge in [0.05, 0.1) is 6.07 Å². The summed E-state index contributed by atoms with van der Waals surface area (Å²) >= 11 is 0. The molecule has 1 aliphatic carbocycles. The van der Waals surface area contributed by atoms with Gasteiger partial charge in [0, 0.05) is 61.9 Å². The van der Waals surface area contributed by atoms with Crippen molar-refractivity contribution >= 4 is 29.2 Å². The molecule has 2 N–H and O–H groups in total. The second-order valence-electron chi connectivity index (χ2n) is 7.88. The van der Waals surface area contributed by atoms with Crippen LogP contribution in [-0.4, -0.2) is 54.1 Å². The van der Waals surface area contributed by atoms with Crippen LogP contribution in [0.15, 0.2) is 36.5 Å². The molecule has 1 aromatic heterocycles. The summed E-state index contributed by atoms with van der Waals surface area (Å²) in [5.41, 5.74) is 3.03. The standard InChI is InChI=1S/C23H29N7/c1-2-29-12-14-30(15-13-29)21-9-7-20(8-10-21)27-23-26-17-19(4-3-11-24)22(28-23)25-16-18-5-6-18/h3-4,7-10,17-18H,2,5-6,12-16H2,1H3,(H2,25,26,27,28)/b4-3+. The van der Waals surface area contributed by atoms with Crippen molar-refractivity contribution in [1.82, 2.24) is 14.9 Å². The Morgan fingerprint density at radius 3 is 2.60 bits per heavy atom. The second kappa shape index (κ2) is 9.59. The third-order valence-electron chi connectivity index (χ3n) is 5.72. The van der Waals surface area contributed by atoms with E-state index in [0.29, 0.717) is 5.95 Å². The fraction of sp³-hybridized carbons (Fsp3) is 0.435. The molecule has 0 amide bonds. The van der Waals surface area contributed by atoms with E-state index in [9.17, 15) is 0 Å². The van der Waals surface area contributed by atoms with Gasteiger partial charge in [0.25, 0.3) is 0 Å². The number of nitrogens with zero attached hydrogens (tertiary/aromatic N) is 5. The maximum absolute atomic E-state index is 8.82. The van der Waals surface area contributed by atoms with E-state index in [0.717, 1.165) is 62.3 Å². The average molecular weight is 404 g/mol. The quantitative estimate of drug-likeness (QED) is 0.650. The molecule has 0 spiro atoms. The number of anilines is 4. The Labute approximate surface area is 178 Å². The number of nitrogens with one attached hydrogen (secondary N) is 2. The topological polar surface area (TPSA) is 80.1 Å². The first-order valence-electron chi connectivity index (χ1n) is 10.8. The van der Waals surface area contributed by atoms with Crippen LogP contribution in [0.1, 0.15) is 25.3 Å². The summed E-state index contributed by atoms with van der Waals surface area (Å²) in [6.45, 7) is 8.62. The van der Waals surface area contributed by atoms with Crippen molar-refractivity contribution in [1.29, 1.82) is 5.26 Å². The van der Waals surface area contributed by atoms with Crippen LogP contribution in [0.2, 0.25) is 0 Å². The maximum Gasteiger partial charge on any atom is 0.229 e. The first-order valence-corrected chi connectivity index (χ1v) is 10.8. The number of hydrogen-bond donors (Lipinski definition) is 2. The monoisotopic (exact) mass is 403 g/mol. The molecule has 0 radical (unpaired) electrons. The first kappa shape index (κ1) is 20.2. The Balaban J connectivity index is 1.42. The van der Waals surface area contributed by atoms with Gasteiger partial charge < -0.3 is 20.4 Å². The van der Waals surface area contributed by atoms with Gasteiger partial charge in [-0.15, -0.1) is 0 Å². The molecule has 0 unspecified atom stereocenters. The smallest absolute Gasteiger partial charge is 0.229 e. The van der Waals surface area contributed by atoms with E-state index in [2.05, 4.69) is 61.6 Å². The summed E-state index contributed by atoms with van der Waals surface area (Å²) in [5.74, 6) is 2.04. The third-order valence-corrected chi connectivity index (χ3v) is 5.72. The van der Waals surface area contributed by atoms with Crippen molar-refractivity contribution in [3.8, 4) is 6.07 Å². The highest BCUT2D eigenvalue weighted by molar-refractivity contribution is 5.66. The van der Waals surface area contributed by atoms with Crippen LogP contribution in [0.4, 0.5) is 23.1 Å². The summed E-state index contributed by atoms with van der Waals surface area (Å²) in [7, 11) is 0. The normalized spacial score (nSPS) is 17.1. The van der Waals surface area contributed by atoms with Crippen molar-refractivity contribution < 1.29 is 0 Å². The van der Waals surface area contributed by atoms with Crippen LogP contribution in [-0.2, 0) is 0 Å². The number of rotatable bonds is 8. The van der Waals surface area contributed by atoms with Gasteiger partial charge >= 0.3 is 0 Å². The van der Waals surface area contributed by atoms with E-state index in [1.165, 1.54) is 24.6 Å². The molecule has 4 rings (SSSR count). The lowest BCUT2D eigenvalue weighted by atomic mass is 10.2. The van der Waals surface area contributed by atoms with Gasteiger partial charge in [-0.25, -0.2) is 4.98 Å². The molecule has 2 aliphatic rings. The number of nitriles is 1. The molecule has 2 aromatic rings. The molecule has 1 aliphatic heterocycles. The van der Waals surface area contributed by atoms with Crippen molar-refractivity contribution in [2.75, 3.05) is 54.8 Å². The zero-order valence-corrected chi connectivity index (χ0v) is 17.5. The zero-order valence-electron chi connectivity index (χ0n) is 17.5. The van der Waals surface area contributed by atoms with E-state index in [4.69, 9.17) is 5.26 Å². The van der Waals surface area contributed by atoms with E-state index < -0.39 is 0 Å². The Bertz CT molecular complexity index is 904. The molecule has 1 aromatic carbocycles. The van der Waals surface area contributed by atoms with E-state index in [1.807, 2.05) is 6.07 Å². The van der Waals surface area contributed by atoms with Crippen LogP contribution >= 0.6 is 0 Å². The molecule has 7 heteroatoms. The summed E-state index contributed by atoms with van der Waals surface area (Å²) in [5, 5.41) is 15.5. The number of allylic oxidation sites excluding steroid dienone is 1. The largest absolute Gasteiger partial charge is 0.369 e. The lowest BCUT2D eigenvalue weighted by Crippen LogP contribution is -2.46. The Kier molecular flexibility index (Phi) is 6.45. The Hall–Kier alpha value is -3.11. The Morgan fingerprint density at radius 2 is 1.93 bits per heavy atom. The minimum Gasteiger partial charge on any atom is -0.369 e. The first-order chi connectivity index (χ1) is 14.7. The van der Waals surface area contributed by atoms with Crippen LogP contribution < -0.4 is 15.5 Å². The highest BCUT2D eigenvalue weighted by Crippen LogP contribution is 2.29. The van der Waals surface area contributed by atoms with Gasteiger partial charge in [-0.05, 0) is 55.6 Å². The van der Waals surface area contributed by atoms with Crippen LogP contribution in [0.5, 0.6) is 0 Å². The van der Waals surface area contributed by atoms with Gasteiger partial charge in [-0.1, -0.05) is 6.92 Å². The van der Waals surface area contributed by atoms with Crippen molar-refractivity contribution in [3.63, 3.8) is 0 Å². The molecule has 156 valence electrons. The van der Waals surface area contributed by atoms with Gasteiger partial charge in [0.15, 0.2) is 0 Å². The third kappa shape index (κ3) is 5.28. The molecule has 2 fully saturated rings. The van der Waals surface area contributed by atoms with Crippen molar-refractivity contribution in [2.45, 2.75) is 19.8 Å². The van der Waals surface area contributed by atoms with Gasteiger partial charge in [-0.3, -0.25) is 0 Å². The van der Waals surface area contributed by atoms with Gasteiger partial charge in [0.1, 0.15) is 5.82 Å². The molecular weight excluding hydrogens is 374 g/mol. The fourth-order valence-electron chi connectivity index (χ4n) is 3.61. The SMILES string of the molecule is CCN1CCN(c2ccc(Nc3ncc(/C=C/C#N)c(NCC4CC4)n3)cc2)CC1. The second-order valence-corrected chi connectivity index (χ2v) is 7.88. The number of likely N-dealkylation sites (N-methyl/N-ethyl adjacent to an activating group) is 1. The van der Waals surface area contributed by atoms with Crippen LogP contribution in [0.25, 0.3) is 6.08 Å². The van der Waals surface area contributed by atoms with Crippen LogP contribution in [0, 0.1) is 17.2 Å². The number of aromatic nitrogens is 2. The number of hydrogen-bond acceptors (Lipinski definition) is 7. The predicted molar refractivity (Wildman–Crippen MR) is 122 cm³/mol. The van der Waals surface area contributed by atoms with E-state index >= 15 is 0 Å². The van der Waals surface area contributed by atoms with E-state index in [1.54, 1.807) is 12.3 Å². The Morgan fingerprint density at radius 1 is 1.17 bits per heavy atom. The zero-order chi connectivity index (χ0) is 20.8. The molecule has 30 heavy (non-hydrogen) atoms. The molecule has 1 saturated heterocycles. The highest BCUT2D eigenvalue weighted by atomic mass is 15.3. The molecule has 1 saturated carbocycles. The number of benzene rings is 1. The van der Waals surface area contributed by atoms with Crippen molar-refractivity contribution in [2.24, 2.45) is 5.92 Å². The fourth-order valence-corrected chi connectivity index (χ4v) is 3.61. The molecule has 2 heterocycles. The lowest BCUT2D eigenvalue weighted by Gasteiger charge is -2.35. The highest BCUT2D eigenvalue weighted by Gasteiger charge is 2.21.